The van der Waals surface area contributed by atoms with E-state index in [2.05, 4.69) is 36.6 Å². The summed E-state index contributed by atoms with van der Waals surface area (Å²) in [5.74, 6) is 0. The lowest BCUT2D eigenvalue weighted by atomic mass is 10.3. The molecule has 5 rings (SSSR count). The molecule has 0 N–H and O–H groups in total. The number of fused-ring (bicyclic) bond motifs is 1. The van der Waals surface area contributed by atoms with Crippen LogP contribution in [0.1, 0.15) is 32.6 Å². The third kappa shape index (κ3) is 3.89. The second kappa shape index (κ2) is 10.1. The summed E-state index contributed by atoms with van der Waals surface area (Å²) < 4.78 is 19.8. The Hall–Kier alpha value is -1.99. The van der Waals surface area contributed by atoms with E-state index in [1.807, 2.05) is 43.7 Å². The van der Waals surface area contributed by atoms with Crippen LogP contribution < -0.4 is 16.0 Å². The van der Waals surface area contributed by atoms with Gasteiger partial charge < -0.3 is 23.4 Å². The number of nitrogens with zero attached hydrogens (tertiary/aromatic N) is 4. The van der Waals surface area contributed by atoms with Gasteiger partial charge in [-0.3, -0.25) is 9.00 Å². The van der Waals surface area contributed by atoms with E-state index < -0.39 is 10.8 Å². The van der Waals surface area contributed by atoms with Crippen LogP contribution in [-0.4, -0.2) is 37.2 Å². The highest BCUT2D eigenvalue weighted by Crippen LogP contribution is 2.49. The largest absolute Gasteiger partial charge is 0.417 e. The van der Waals surface area contributed by atoms with Crippen molar-refractivity contribution in [2.75, 3.05) is 18.0 Å². The fraction of sp³-hybridized carbons (Fsp3) is 0.333. The number of para-hydroxylation sites is 1. The highest BCUT2D eigenvalue weighted by atomic mass is 32.2. The Balaban J connectivity index is 1.63. The van der Waals surface area contributed by atoms with Gasteiger partial charge in [-0.25, -0.2) is 0 Å². The second-order valence-corrected chi connectivity index (χ2v) is 13.1. The molecule has 2 aliphatic heterocycles. The molecule has 0 amide bonds. The smallest absolute Gasteiger partial charge is 0.208 e. The van der Waals surface area contributed by atoms with Crippen molar-refractivity contribution in [1.29, 1.82) is 0 Å². The third-order valence-corrected chi connectivity index (χ3v) is 11.9. The fourth-order valence-electron chi connectivity index (χ4n) is 4.39. The van der Waals surface area contributed by atoms with Crippen molar-refractivity contribution in [3.05, 3.63) is 65.2 Å². The minimum atomic E-state index is -1.54. The average molecular weight is 579 g/mol. The molecule has 7 nitrogen and oxygen atoms in total. The van der Waals surface area contributed by atoms with Gasteiger partial charge in [0.05, 0.1) is 44.0 Å². The lowest BCUT2D eigenvalue weighted by molar-refractivity contribution is -0.479. The molecule has 4 heterocycles. The lowest BCUT2D eigenvalue weighted by Crippen LogP contribution is -2.26. The molecule has 1 aromatic carbocycles. The third-order valence-electron chi connectivity index (χ3n) is 6.15. The first kappa shape index (κ1) is 25.7. The molecule has 1 atom stereocenters. The normalized spacial score (nSPS) is 19.4. The average Bonchev–Trinajstić information content (AvgIpc) is 3.58. The number of thiol groups is 1. The summed E-state index contributed by atoms with van der Waals surface area (Å²) in [7, 11) is -1.54. The molecule has 3 aromatic rings. The standard InChI is InChI=1S/C24H26N4O3S5/c1-5-25-13-16(21-26(6-2)14-11-9-10-12-15(14)33-21)36(31)23(25)18-20(30)27(7-3)22(34-18)17-19(29)28(8-4)24(32)35-17/h9-13,32H,5-8H2,1-4H3. The minimum Gasteiger partial charge on any atom is -0.417 e. The molecule has 36 heavy (non-hydrogen) atoms. The first-order valence-electron chi connectivity index (χ1n) is 11.7. The number of benzene rings is 1. The van der Waals surface area contributed by atoms with Crippen LogP contribution in [0.15, 0.2) is 53.0 Å². The quantitative estimate of drug-likeness (QED) is 0.200. The Morgan fingerprint density at radius 3 is 2.39 bits per heavy atom. The van der Waals surface area contributed by atoms with E-state index in [9.17, 15) is 13.8 Å². The molecule has 2 aromatic heterocycles. The van der Waals surface area contributed by atoms with Crippen molar-refractivity contribution in [3.63, 3.8) is 0 Å². The number of anilines is 1. The molecule has 12 heteroatoms. The number of thioether (sulfide) groups is 1. The molecule has 0 saturated carbocycles. The fourth-order valence-corrected chi connectivity index (χ4v) is 10.3. The van der Waals surface area contributed by atoms with Crippen LogP contribution in [0.4, 0.5) is 5.69 Å². The van der Waals surface area contributed by atoms with Gasteiger partial charge in [0.1, 0.15) is 26.9 Å². The predicted molar refractivity (Wildman–Crippen MR) is 154 cm³/mol. The molecule has 0 saturated heterocycles. The molecule has 0 spiro atoms. The molecule has 0 aliphatic carbocycles. The van der Waals surface area contributed by atoms with E-state index in [0.29, 0.717) is 49.0 Å². The van der Waals surface area contributed by atoms with Gasteiger partial charge in [-0.1, -0.05) is 23.9 Å². The first-order valence-corrected chi connectivity index (χ1v) is 15.8. The van der Waals surface area contributed by atoms with E-state index in [0.717, 1.165) is 22.2 Å². The molecule has 1 unspecified atom stereocenters. The van der Waals surface area contributed by atoms with Gasteiger partial charge in [0, 0.05) is 29.3 Å². The maximum absolute atomic E-state index is 14.0. The predicted octanol–water partition coefficient (Wildman–Crippen LogP) is 4.63. The van der Waals surface area contributed by atoms with Gasteiger partial charge >= 0.3 is 0 Å². The van der Waals surface area contributed by atoms with Gasteiger partial charge in [-0.15, -0.1) is 0 Å². The summed E-state index contributed by atoms with van der Waals surface area (Å²) in [6, 6.07) is 8.16. The van der Waals surface area contributed by atoms with E-state index in [-0.39, 0.29) is 11.1 Å². The van der Waals surface area contributed by atoms with Crippen molar-refractivity contribution in [2.45, 2.75) is 50.0 Å². The van der Waals surface area contributed by atoms with Crippen molar-refractivity contribution < 1.29 is 8.78 Å². The van der Waals surface area contributed by atoms with Crippen LogP contribution in [0, 0.1) is 5.37 Å². The molecule has 0 fully saturated rings. The van der Waals surface area contributed by atoms with Crippen LogP contribution >= 0.6 is 47.1 Å². The van der Waals surface area contributed by atoms with Crippen molar-refractivity contribution in [3.8, 4) is 9.88 Å². The number of aromatic nitrogens is 2. The Labute approximate surface area is 229 Å². The summed E-state index contributed by atoms with van der Waals surface area (Å²) in [5, 5.41) is 2.02. The van der Waals surface area contributed by atoms with Crippen molar-refractivity contribution >= 4 is 69.8 Å². The zero-order valence-electron chi connectivity index (χ0n) is 20.3. The molecule has 190 valence electrons. The van der Waals surface area contributed by atoms with Crippen LogP contribution in [0.2, 0.25) is 0 Å². The Kier molecular flexibility index (Phi) is 7.16. The highest BCUT2D eigenvalue weighted by molar-refractivity contribution is 8.05. The number of rotatable bonds is 6. The number of thiazole rings is 2. The van der Waals surface area contributed by atoms with Gasteiger partial charge in [0.15, 0.2) is 9.71 Å². The van der Waals surface area contributed by atoms with E-state index in [1.165, 1.54) is 22.7 Å². The lowest BCUT2D eigenvalue weighted by Gasteiger charge is -2.19. The Morgan fingerprint density at radius 1 is 1.03 bits per heavy atom. The maximum atomic E-state index is 14.0. The number of hydrogen-bond acceptors (Lipinski definition) is 6. The van der Waals surface area contributed by atoms with Gasteiger partial charge in [0.2, 0.25) is 5.56 Å². The highest BCUT2D eigenvalue weighted by Gasteiger charge is 2.39. The first-order chi connectivity index (χ1) is 17.4. The molecular formula is C24H26N4O3S5. The van der Waals surface area contributed by atoms with E-state index in [1.54, 1.807) is 20.9 Å². The molecule has 0 bridgehead atoms. The zero-order chi connectivity index (χ0) is 25.7. The van der Waals surface area contributed by atoms with Crippen LogP contribution in [0.3, 0.4) is 0 Å². The van der Waals surface area contributed by atoms with Crippen LogP contribution in [-0.2, 0) is 23.9 Å². The SMILES string of the molecule is CCN1C(=C2C=[N+](CC)[C-]([c-]3[s+]c(-[c-]4[s+]c(S)n(CC)c4=O)n(CC)c3=O)S2=O)Sc2ccccc21. The topological polar surface area (TPSA) is 67.3 Å². The summed E-state index contributed by atoms with van der Waals surface area (Å²) in [6.07, 6.45) is 1.92. The van der Waals surface area contributed by atoms with Crippen molar-refractivity contribution in [1.82, 2.24) is 9.13 Å². The monoisotopic (exact) mass is 578 g/mol. The number of allylic oxidation sites excluding steroid dienone is 1. The number of hydrogen-bond donors (Lipinski definition) is 1. The zero-order valence-corrected chi connectivity index (χ0v) is 24.5. The van der Waals surface area contributed by atoms with E-state index >= 15 is 0 Å². The minimum absolute atomic E-state index is 0.152. The van der Waals surface area contributed by atoms with Crippen molar-refractivity contribution in [2.24, 2.45) is 0 Å². The summed E-state index contributed by atoms with van der Waals surface area (Å²) in [4.78, 5) is 31.6. The molecule has 2 aliphatic rings. The summed E-state index contributed by atoms with van der Waals surface area (Å²) >= 11 is 8.60. The molecule has 0 radical (unpaired) electrons. The molecular weight excluding hydrogens is 553 g/mol. The summed E-state index contributed by atoms with van der Waals surface area (Å²) in [5.41, 5.74) is 0.735. The maximum Gasteiger partial charge on any atom is 0.208 e. The van der Waals surface area contributed by atoms with Gasteiger partial charge in [-0.2, -0.15) is 12.6 Å². The Morgan fingerprint density at radius 2 is 1.75 bits per heavy atom. The van der Waals surface area contributed by atoms with Crippen LogP contribution in [0.25, 0.3) is 9.88 Å². The second-order valence-electron chi connectivity index (χ2n) is 8.02. The van der Waals surface area contributed by atoms with Crippen LogP contribution in [0.5, 0.6) is 0 Å². The van der Waals surface area contributed by atoms with Gasteiger partial charge in [-0.05, 0) is 46.4 Å². The van der Waals surface area contributed by atoms with E-state index in [4.69, 9.17) is 0 Å². The summed E-state index contributed by atoms with van der Waals surface area (Å²) in [6.45, 7) is 10.1. The van der Waals surface area contributed by atoms with Gasteiger partial charge in [0.25, 0.3) is 0 Å². The Bertz CT molecular complexity index is 1560.